The predicted octanol–water partition coefficient (Wildman–Crippen LogP) is -0.968. The van der Waals surface area contributed by atoms with E-state index in [1.54, 1.807) is 0 Å². The topological polar surface area (TPSA) is 140 Å². The summed E-state index contributed by atoms with van der Waals surface area (Å²) in [5, 5.41) is 0. The minimum absolute atomic E-state index is 0.0108. The highest BCUT2D eigenvalue weighted by Gasteiger charge is 2.64. The molecule has 0 radical (unpaired) electrons. The standard InChI is InChI=1S/C24H31N3O9/c1-11-14-9-13(35-11)10-17(14)21(29)34-6-4-27-23(31)25(2)22(30)26(24(27)32)3-5-33-20(28)16-8-12-7-15(16)19-18(12)36-19/h11-19H,3-10H2,1-2H3. The summed E-state index contributed by atoms with van der Waals surface area (Å²) >= 11 is 0. The van der Waals surface area contributed by atoms with Gasteiger partial charge in [0.25, 0.3) is 0 Å². The van der Waals surface area contributed by atoms with Crippen LogP contribution < -0.4 is 17.1 Å². The van der Waals surface area contributed by atoms with Gasteiger partial charge in [0.05, 0.1) is 49.3 Å². The highest BCUT2D eigenvalue weighted by molar-refractivity contribution is 5.74. The van der Waals surface area contributed by atoms with Gasteiger partial charge in [-0.1, -0.05) is 0 Å². The van der Waals surface area contributed by atoms with E-state index in [1.165, 1.54) is 7.05 Å². The summed E-state index contributed by atoms with van der Waals surface area (Å²) in [6.07, 6.45) is 3.78. The molecule has 0 spiro atoms. The van der Waals surface area contributed by atoms with Gasteiger partial charge in [-0.05, 0) is 38.5 Å². The molecule has 196 valence electrons. The number of hydrogen-bond acceptors (Lipinski definition) is 9. The highest BCUT2D eigenvalue weighted by atomic mass is 16.6. The molecule has 2 aliphatic heterocycles. The normalized spacial score (nSPS) is 37.2. The molecular formula is C24H31N3O9. The SMILES string of the molecule is CC1OC2CC(C(=O)OCCn3c(=O)n(C)c(=O)n(CCOC(=O)C4CC5CC4C4OC54)c3=O)C1C2. The zero-order valence-electron chi connectivity index (χ0n) is 20.4. The van der Waals surface area contributed by atoms with Crippen molar-refractivity contribution in [2.75, 3.05) is 13.2 Å². The fourth-order valence-electron chi connectivity index (χ4n) is 7.03. The Morgan fingerprint density at radius 2 is 1.42 bits per heavy atom. The van der Waals surface area contributed by atoms with Gasteiger partial charge < -0.3 is 18.9 Å². The highest BCUT2D eigenvalue weighted by Crippen LogP contribution is 2.59. The third-order valence-corrected chi connectivity index (χ3v) is 8.90. The Hall–Kier alpha value is -2.73. The Morgan fingerprint density at radius 3 is 1.94 bits per heavy atom. The Morgan fingerprint density at radius 1 is 0.806 bits per heavy atom. The molecule has 36 heavy (non-hydrogen) atoms. The molecule has 1 aromatic heterocycles. The molecule has 9 unspecified atom stereocenters. The second-order valence-corrected chi connectivity index (χ2v) is 10.8. The molecule has 12 nitrogen and oxygen atoms in total. The van der Waals surface area contributed by atoms with Gasteiger partial charge in [-0.15, -0.1) is 0 Å². The second-order valence-electron chi connectivity index (χ2n) is 10.8. The van der Waals surface area contributed by atoms with E-state index < -0.39 is 17.1 Å². The quantitative estimate of drug-likeness (QED) is 0.322. The summed E-state index contributed by atoms with van der Waals surface area (Å²) in [4.78, 5) is 63.2. The zero-order chi connectivity index (χ0) is 25.3. The number of hydrogen-bond donors (Lipinski definition) is 0. The van der Waals surface area contributed by atoms with Crippen LogP contribution >= 0.6 is 0 Å². The van der Waals surface area contributed by atoms with Crippen LogP contribution in [0, 0.1) is 29.6 Å². The lowest BCUT2D eigenvalue weighted by Crippen LogP contribution is -2.54. The van der Waals surface area contributed by atoms with Crippen LogP contribution in [-0.2, 0) is 48.7 Å². The van der Waals surface area contributed by atoms with Crippen LogP contribution in [0.15, 0.2) is 14.4 Å². The van der Waals surface area contributed by atoms with E-state index in [-0.39, 0.29) is 80.2 Å². The molecule has 2 saturated heterocycles. The van der Waals surface area contributed by atoms with Crippen molar-refractivity contribution in [3.63, 3.8) is 0 Å². The van der Waals surface area contributed by atoms with E-state index >= 15 is 0 Å². The van der Waals surface area contributed by atoms with Gasteiger partial charge >= 0.3 is 29.0 Å². The first-order chi connectivity index (χ1) is 17.2. The molecule has 5 fully saturated rings. The molecule has 3 saturated carbocycles. The fourth-order valence-corrected chi connectivity index (χ4v) is 7.03. The minimum Gasteiger partial charge on any atom is -0.464 e. The third kappa shape index (κ3) is 3.76. The van der Waals surface area contributed by atoms with Gasteiger partial charge in [0, 0.05) is 18.9 Å². The van der Waals surface area contributed by atoms with Crippen LogP contribution in [0.1, 0.15) is 32.6 Å². The van der Waals surface area contributed by atoms with Crippen LogP contribution in [-0.4, -0.2) is 63.3 Å². The Bertz CT molecular complexity index is 1200. The molecule has 6 rings (SSSR count). The van der Waals surface area contributed by atoms with E-state index in [1.807, 2.05) is 6.92 Å². The van der Waals surface area contributed by atoms with Gasteiger partial charge in [0.15, 0.2) is 0 Å². The Balaban J connectivity index is 1.06. The van der Waals surface area contributed by atoms with E-state index in [4.69, 9.17) is 18.9 Å². The maximum absolute atomic E-state index is 12.9. The average molecular weight is 506 g/mol. The number of esters is 2. The largest absolute Gasteiger partial charge is 0.464 e. The fraction of sp³-hybridized carbons (Fsp3) is 0.792. The predicted molar refractivity (Wildman–Crippen MR) is 121 cm³/mol. The Kier molecular flexibility index (Phi) is 5.71. The first kappa shape index (κ1) is 23.7. The Labute approximate surface area is 206 Å². The molecule has 9 atom stereocenters. The smallest absolute Gasteiger partial charge is 0.336 e. The molecule has 4 bridgehead atoms. The molecule has 3 heterocycles. The lowest BCUT2D eigenvalue weighted by Gasteiger charge is -2.25. The molecule has 12 heteroatoms. The molecular weight excluding hydrogens is 474 g/mol. The molecule has 0 N–H and O–H groups in total. The first-order valence-corrected chi connectivity index (χ1v) is 12.8. The number of epoxide rings is 1. The molecule has 0 aromatic carbocycles. The summed E-state index contributed by atoms with van der Waals surface area (Å²) in [7, 11) is 1.27. The number of rotatable bonds is 8. The summed E-state index contributed by atoms with van der Waals surface area (Å²) in [5.74, 6) is -0.386. The van der Waals surface area contributed by atoms with Crippen LogP contribution in [0.2, 0.25) is 0 Å². The maximum Gasteiger partial charge on any atom is 0.336 e. The number of aromatic nitrogens is 3. The summed E-state index contributed by atoms with van der Waals surface area (Å²) < 4.78 is 24.6. The van der Waals surface area contributed by atoms with Crippen molar-refractivity contribution in [2.24, 2.45) is 36.6 Å². The van der Waals surface area contributed by atoms with Crippen LogP contribution in [0.25, 0.3) is 0 Å². The lowest BCUT2D eigenvalue weighted by molar-refractivity contribution is -0.154. The van der Waals surface area contributed by atoms with Gasteiger partial charge in [0.1, 0.15) is 13.2 Å². The number of carbonyl (C=O) groups is 2. The number of ether oxygens (including phenoxy) is 4. The zero-order valence-corrected chi connectivity index (χ0v) is 20.4. The minimum atomic E-state index is -0.828. The van der Waals surface area contributed by atoms with E-state index in [2.05, 4.69) is 0 Å². The number of carbonyl (C=O) groups excluding carboxylic acids is 2. The average Bonchev–Trinajstić information content (AvgIpc) is 3.15. The van der Waals surface area contributed by atoms with Crippen molar-refractivity contribution in [1.82, 2.24) is 13.7 Å². The van der Waals surface area contributed by atoms with Crippen LogP contribution in [0.3, 0.4) is 0 Å². The van der Waals surface area contributed by atoms with Gasteiger partial charge in [0.2, 0.25) is 0 Å². The number of nitrogens with zero attached hydrogens (tertiary/aromatic N) is 3. The van der Waals surface area contributed by atoms with Crippen LogP contribution in [0.5, 0.6) is 0 Å². The molecule has 1 aromatic rings. The van der Waals surface area contributed by atoms with E-state index in [9.17, 15) is 24.0 Å². The van der Waals surface area contributed by atoms with Crippen LogP contribution in [0.4, 0.5) is 0 Å². The second kappa shape index (κ2) is 8.69. The van der Waals surface area contributed by atoms with E-state index in [0.717, 1.165) is 33.0 Å². The third-order valence-electron chi connectivity index (χ3n) is 8.90. The van der Waals surface area contributed by atoms with Gasteiger partial charge in [-0.3, -0.25) is 9.59 Å². The molecule has 3 aliphatic carbocycles. The maximum atomic E-state index is 12.9. The van der Waals surface area contributed by atoms with Crippen molar-refractivity contribution in [3.05, 3.63) is 31.5 Å². The van der Waals surface area contributed by atoms with Crippen molar-refractivity contribution in [1.29, 1.82) is 0 Å². The molecule has 5 aliphatic rings. The lowest BCUT2D eigenvalue weighted by atomic mass is 9.89. The van der Waals surface area contributed by atoms with Gasteiger partial charge in [-0.25, -0.2) is 28.1 Å². The monoisotopic (exact) mass is 505 g/mol. The van der Waals surface area contributed by atoms with Crippen molar-refractivity contribution >= 4 is 11.9 Å². The van der Waals surface area contributed by atoms with E-state index in [0.29, 0.717) is 18.4 Å². The first-order valence-electron chi connectivity index (χ1n) is 12.8. The van der Waals surface area contributed by atoms with Gasteiger partial charge in [-0.2, -0.15) is 0 Å². The molecule has 0 amide bonds. The van der Waals surface area contributed by atoms with Crippen molar-refractivity contribution < 1.29 is 28.5 Å². The summed E-state index contributed by atoms with van der Waals surface area (Å²) in [6, 6.07) is 0. The van der Waals surface area contributed by atoms with Crippen molar-refractivity contribution in [3.8, 4) is 0 Å². The summed E-state index contributed by atoms with van der Waals surface area (Å²) in [5.41, 5.74) is -2.41. The van der Waals surface area contributed by atoms with Crippen molar-refractivity contribution in [2.45, 2.75) is 70.1 Å². The number of fused-ring (bicyclic) bond motifs is 7. The summed E-state index contributed by atoms with van der Waals surface area (Å²) in [6.45, 7) is 1.26.